The molecule has 1 aromatic rings. The second-order valence-electron chi connectivity index (χ2n) is 4.90. The third kappa shape index (κ3) is 3.21. The lowest BCUT2D eigenvalue weighted by atomic mass is 9.92. The molecule has 1 aliphatic rings. The highest BCUT2D eigenvalue weighted by Gasteiger charge is 2.27. The van der Waals surface area contributed by atoms with Gasteiger partial charge in [-0.15, -0.1) is 11.3 Å². The van der Waals surface area contributed by atoms with Crippen molar-refractivity contribution in [2.24, 2.45) is 11.7 Å². The van der Waals surface area contributed by atoms with Crippen LogP contribution in [0.1, 0.15) is 24.6 Å². The van der Waals surface area contributed by atoms with Crippen LogP contribution in [-0.2, 0) is 4.79 Å². The van der Waals surface area contributed by atoms with E-state index in [1.165, 1.54) is 0 Å². The molecular weight excluding hydrogens is 244 g/mol. The van der Waals surface area contributed by atoms with E-state index in [0.717, 1.165) is 24.3 Å². The molecule has 2 heterocycles. The van der Waals surface area contributed by atoms with Gasteiger partial charge in [0.25, 0.3) is 0 Å². The maximum atomic E-state index is 12.2. The topological polar surface area (TPSA) is 46.3 Å². The average molecular weight is 264 g/mol. The van der Waals surface area contributed by atoms with Crippen LogP contribution in [0.3, 0.4) is 0 Å². The lowest BCUT2D eigenvalue weighted by molar-refractivity contribution is -0.129. The summed E-state index contributed by atoms with van der Waals surface area (Å²) in [7, 11) is 0. The van der Waals surface area contributed by atoms with Gasteiger partial charge in [-0.1, -0.05) is 13.0 Å². The number of piperidine rings is 1. The molecule has 4 heteroatoms. The molecule has 2 rings (SSSR count). The molecule has 1 amide bonds. The predicted molar refractivity (Wildman–Crippen MR) is 76.3 cm³/mol. The fourth-order valence-electron chi connectivity index (χ4n) is 2.40. The third-order valence-corrected chi connectivity index (χ3v) is 4.30. The van der Waals surface area contributed by atoms with Crippen LogP contribution in [0.15, 0.2) is 23.6 Å². The predicted octanol–water partition coefficient (Wildman–Crippen LogP) is 2.35. The quantitative estimate of drug-likeness (QED) is 0.852. The maximum absolute atomic E-state index is 12.2. The SMILES string of the molecule is CC1CCN(C(=O)/C=C/c2cccs2)C(CN)C1. The van der Waals surface area contributed by atoms with Crippen LogP contribution in [-0.4, -0.2) is 29.9 Å². The molecule has 18 heavy (non-hydrogen) atoms. The fraction of sp³-hybridized carbons (Fsp3) is 0.500. The molecule has 0 aliphatic carbocycles. The number of nitrogens with two attached hydrogens (primary N) is 1. The maximum Gasteiger partial charge on any atom is 0.246 e. The zero-order valence-corrected chi connectivity index (χ0v) is 11.5. The zero-order chi connectivity index (χ0) is 13.0. The summed E-state index contributed by atoms with van der Waals surface area (Å²) in [6.07, 6.45) is 5.66. The van der Waals surface area contributed by atoms with Gasteiger partial charge in [0.15, 0.2) is 0 Å². The Kier molecular flexibility index (Phi) is 4.55. The largest absolute Gasteiger partial charge is 0.335 e. The molecule has 1 fully saturated rings. The number of hydrogen-bond acceptors (Lipinski definition) is 3. The van der Waals surface area contributed by atoms with Gasteiger partial charge in [-0.3, -0.25) is 4.79 Å². The van der Waals surface area contributed by atoms with Crippen LogP contribution in [0, 0.1) is 5.92 Å². The lowest BCUT2D eigenvalue weighted by Crippen LogP contribution is -2.48. The molecule has 3 nitrogen and oxygen atoms in total. The Morgan fingerprint density at radius 2 is 2.50 bits per heavy atom. The van der Waals surface area contributed by atoms with Gasteiger partial charge in [0.05, 0.1) is 0 Å². The van der Waals surface area contributed by atoms with E-state index >= 15 is 0 Å². The first-order valence-corrected chi connectivity index (χ1v) is 7.31. The monoisotopic (exact) mass is 264 g/mol. The minimum Gasteiger partial charge on any atom is -0.335 e. The lowest BCUT2D eigenvalue weighted by Gasteiger charge is -2.37. The summed E-state index contributed by atoms with van der Waals surface area (Å²) in [4.78, 5) is 15.2. The van der Waals surface area contributed by atoms with Gasteiger partial charge in [-0.05, 0) is 36.3 Å². The average Bonchev–Trinajstić information content (AvgIpc) is 2.88. The van der Waals surface area contributed by atoms with Gasteiger partial charge in [-0.2, -0.15) is 0 Å². The number of amides is 1. The number of likely N-dealkylation sites (tertiary alicyclic amines) is 1. The summed E-state index contributed by atoms with van der Waals surface area (Å²) in [5.41, 5.74) is 5.77. The van der Waals surface area contributed by atoms with E-state index in [2.05, 4.69) is 6.92 Å². The number of nitrogens with zero attached hydrogens (tertiary/aromatic N) is 1. The van der Waals surface area contributed by atoms with Crippen molar-refractivity contribution in [2.75, 3.05) is 13.1 Å². The minimum atomic E-state index is 0.0887. The van der Waals surface area contributed by atoms with E-state index in [0.29, 0.717) is 12.5 Å². The highest BCUT2D eigenvalue weighted by Crippen LogP contribution is 2.22. The Bertz CT molecular complexity index is 413. The Labute approximate surface area is 112 Å². The van der Waals surface area contributed by atoms with E-state index in [1.54, 1.807) is 17.4 Å². The molecule has 0 radical (unpaired) electrons. The van der Waals surface area contributed by atoms with Crippen molar-refractivity contribution in [3.63, 3.8) is 0 Å². The van der Waals surface area contributed by atoms with Crippen molar-refractivity contribution >= 4 is 23.3 Å². The van der Waals surface area contributed by atoms with Crippen molar-refractivity contribution in [1.82, 2.24) is 4.90 Å². The smallest absolute Gasteiger partial charge is 0.246 e. The second kappa shape index (κ2) is 6.16. The Morgan fingerprint density at radius 1 is 1.67 bits per heavy atom. The Hall–Kier alpha value is -1.13. The molecule has 2 N–H and O–H groups in total. The van der Waals surface area contributed by atoms with Crippen LogP contribution >= 0.6 is 11.3 Å². The van der Waals surface area contributed by atoms with Gasteiger partial charge in [0.2, 0.25) is 5.91 Å². The number of hydrogen-bond donors (Lipinski definition) is 1. The van der Waals surface area contributed by atoms with Crippen LogP contribution in [0.25, 0.3) is 6.08 Å². The van der Waals surface area contributed by atoms with Gasteiger partial charge in [0, 0.05) is 30.1 Å². The summed E-state index contributed by atoms with van der Waals surface area (Å²) in [5, 5.41) is 2.01. The number of thiophene rings is 1. The first kappa shape index (κ1) is 13.3. The summed E-state index contributed by atoms with van der Waals surface area (Å²) < 4.78 is 0. The molecule has 1 aliphatic heterocycles. The van der Waals surface area contributed by atoms with Crippen molar-refractivity contribution in [3.05, 3.63) is 28.5 Å². The highest BCUT2D eigenvalue weighted by molar-refractivity contribution is 7.10. The molecule has 0 spiro atoms. The number of carbonyl (C=O) groups excluding carboxylic acids is 1. The fourth-order valence-corrected chi connectivity index (χ4v) is 3.02. The van der Waals surface area contributed by atoms with Gasteiger partial charge >= 0.3 is 0 Å². The van der Waals surface area contributed by atoms with E-state index < -0.39 is 0 Å². The third-order valence-electron chi connectivity index (χ3n) is 3.47. The molecule has 0 bridgehead atoms. The van der Waals surface area contributed by atoms with Crippen LogP contribution in [0.2, 0.25) is 0 Å². The minimum absolute atomic E-state index is 0.0887. The molecule has 1 saturated heterocycles. The zero-order valence-electron chi connectivity index (χ0n) is 10.7. The molecule has 0 saturated carbocycles. The number of carbonyl (C=O) groups is 1. The summed E-state index contributed by atoms with van der Waals surface area (Å²) >= 11 is 1.64. The molecule has 1 aromatic heterocycles. The van der Waals surface area contributed by atoms with Crippen LogP contribution in [0.5, 0.6) is 0 Å². The van der Waals surface area contributed by atoms with Crippen molar-refractivity contribution in [2.45, 2.75) is 25.8 Å². The first-order chi connectivity index (χ1) is 8.70. The Morgan fingerprint density at radius 3 is 3.17 bits per heavy atom. The van der Waals surface area contributed by atoms with E-state index in [9.17, 15) is 4.79 Å². The van der Waals surface area contributed by atoms with Gasteiger partial charge in [-0.25, -0.2) is 0 Å². The van der Waals surface area contributed by atoms with Gasteiger partial charge < -0.3 is 10.6 Å². The second-order valence-corrected chi connectivity index (χ2v) is 5.88. The molecule has 98 valence electrons. The standard InChI is InChI=1S/C14H20N2OS/c1-11-6-7-16(12(9-11)10-15)14(17)5-4-13-3-2-8-18-13/h2-5,8,11-12H,6-7,9-10,15H2,1H3/b5-4+. The molecule has 0 aromatic carbocycles. The van der Waals surface area contributed by atoms with Crippen molar-refractivity contribution in [1.29, 1.82) is 0 Å². The summed E-state index contributed by atoms with van der Waals surface area (Å²) in [6, 6.07) is 4.20. The van der Waals surface area contributed by atoms with E-state index in [4.69, 9.17) is 5.73 Å². The van der Waals surface area contributed by atoms with E-state index in [-0.39, 0.29) is 11.9 Å². The van der Waals surface area contributed by atoms with Gasteiger partial charge in [0.1, 0.15) is 0 Å². The molecular formula is C14H20N2OS. The Balaban J connectivity index is 1.99. The van der Waals surface area contributed by atoms with Crippen LogP contribution in [0.4, 0.5) is 0 Å². The van der Waals surface area contributed by atoms with Crippen molar-refractivity contribution in [3.8, 4) is 0 Å². The van der Waals surface area contributed by atoms with Crippen LogP contribution < -0.4 is 5.73 Å². The highest BCUT2D eigenvalue weighted by atomic mass is 32.1. The van der Waals surface area contributed by atoms with Crippen molar-refractivity contribution < 1.29 is 4.79 Å². The molecule has 2 unspecified atom stereocenters. The first-order valence-electron chi connectivity index (χ1n) is 6.43. The summed E-state index contributed by atoms with van der Waals surface area (Å²) in [5.74, 6) is 0.759. The normalized spacial score (nSPS) is 24.7. The van der Waals surface area contributed by atoms with E-state index in [1.807, 2.05) is 28.5 Å². The number of rotatable bonds is 3. The molecule has 2 atom stereocenters. The summed E-state index contributed by atoms with van der Waals surface area (Å²) in [6.45, 7) is 3.62.